The van der Waals surface area contributed by atoms with Crippen LogP contribution in [0.5, 0.6) is 0 Å². The van der Waals surface area contributed by atoms with Crippen LogP contribution in [0.15, 0.2) is 30.6 Å². The molecule has 1 aliphatic rings. The van der Waals surface area contributed by atoms with Gasteiger partial charge in [0.25, 0.3) is 0 Å². The summed E-state index contributed by atoms with van der Waals surface area (Å²) >= 11 is 0. The summed E-state index contributed by atoms with van der Waals surface area (Å²) in [7, 11) is 0. The average Bonchev–Trinajstić information content (AvgIpc) is 2.66. The Hall–Kier alpha value is -2.23. The summed E-state index contributed by atoms with van der Waals surface area (Å²) < 4.78 is 0. The maximum Gasteiger partial charge on any atom is 0.237 e. The Morgan fingerprint density at radius 3 is 2.43 bits per heavy atom. The fourth-order valence-corrected chi connectivity index (χ4v) is 2.88. The Morgan fingerprint density at radius 2 is 1.81 bits per heavy atom. The van der Waals surface area contributed by atoms with E-state index < -0.39 is 5.41 Å². The maximum atomic E-state index is 12.5. The van der Waals surface area contributed by atoms with Crippen molar-refractivity contribution in [3.8, 4) is 11.1 Å². The summed E-state index contributed by atoms with van der Waals surface area (Å²) in [4.78, 5) is 22.8. The Balaban J connectivity index is 2.12. The number of rotatable bonds is 2. The molecule has 108 valence electrons. The zero-order chi connectivity index (χ0) is 15.2. The highest BCUT2D eigenvalue weighted by Crippen LogP contribution is 2.43. The molecule has 0 N–H and O–H groups in total. The molecular weight excluding hydrogens is 262 g/mol. The quantitative estimate of drug-likeness (QED) is 0.849. The number of carbonyl (C=O) groups excluding carboxylic acids is 1. The number of amides is 1. The molecule has 0 spiro atoms. The molecule has 21 heavy (non-hydrogen) atoms. The second-order valence-electron chi connectivity index (χ2n) is 5.93. The van der Waals surface area contributed by atoms with Crippen molar-refractivity contribution in [3.63, 3.8) is 0 Å². The summed E-state index contributed by atoms with van der Waals surface area (Å²) in [5, 5.41) is 0. The lowest BCUT2D eigenvalue weighted by Gasteiger charge is -2.18. The molecule has 0 bridgehead atoms. The molecule has 1 aromatic heterocycles. The van der Waals surface area contributed by atoms with Crippen LogP contribution < -0.4 is 4.90 Å². The number of anilines is 1. The highest BCUT2D eigenvalue weighted by molar-refractivity contribution is 6.08. The van der Waals surface area contributed by atoms with Crippen molar-refractivity contribution >= 4 is 11.6 Å². The number of aryl methyl sites for hydroxylation is 1. The van der Waals surface area contributed by atoms with E-state index in [1.54, 1.807) is 0 Å². The molecule has 0 saturated carbocycles. The third-order valence-corrected chi connectivity index (χ3v) is 4.17. The Kier molecular flexibility index (Phi) is 3.04. The molecule has 4 nitrogen and oxygen atoms in total. The lowest BCUT2D eigenvalue weighted by atomic mass is 9.85. The van der Waals surface area contributed by atoms with E-state index in [9.17, 15) is 4.79 Å². The molecule has 0 unspecified atom stereocenters. The van der Waals surface area contributed by atoms with Gasteiger partial charge in [-0.2, -0.15) is 0 Å². The molecular formula is C17H19N3O. The lowest BCUT2D eigenvalue weighted by Crippen LogP contribution is -2.35. The van der Waals surface area contributed by atoms with Crippen molar-refractivity contribution in [1.82, 2.24) is 9.97 Å². The van der Waals surface area contributed by atoms with E-state index in [1.807, 2.05) is 51.1 Å². The first-order valence-electron chi connectivity index (χ1n) is 7.20. The maximum absolute atomic E-state index is 12.5. The SMILES string of the molecule is CCN1C(=O)C(C)(C)c2ccc(-c3cnc(C)nc3)cc21. The molecule has 0 radical (unpaired) electrons. The van der Waals surface area contributed by atoms with Gasteiger partial charge in [-0.15, -0.1) is 0 Å². The molecule has 0 saturated heterocycles. The van der Waals surface area contributed by atoms with Gasteiger partial charge >= 0.3 is 0 Å². The lowest BCUT2D eigenvalue weighted by molar-refractivity contribution is -0.122. The van der Waals surface area contributed by atoms with Crippen LogP contribution in [-0.2, 0) is 10.2 Å². The fourth-order valence-electron chi connectivity index (χ4n) is 2.88. The summed E-state index contributed by atoms with van der Waals surface area (Å²) in [5.74, 6) is 0.920. The predicted molar refractivity (Wildman–Crippen MR) is 83.3 cm³/mol. The summed E-state index contributed by atoms with van der Waals surface area (Å²) in [6.07, 6.45) is 3.64. The number of fused-ring (bicyclic) bond motifs is 1. The van der Waals surface area contributed by atoms with Gasteiger partial charge in [-0.05, 0) is 44.9 Å². The van der Waals surface area contributed by atoms with Gasteiger partial charge in [-0.3, -0.25) is 4.79 Å². The van der Waals surface area contributed by atoms with Gasteiger partial charge in [0.2, 0.25) is 5.91 Å². The van der Waals surface area contributed by atoms with Gasteiger partial charge in [-0.25, -0.2) is 9.97 Å². The molecule has 0 fully saturated rings. The van der Waals surface area contributed by atoms with Crippen molar-refractivity contribution in [2.45, 2.75) is 33.1 Å². The first kappa shape index (κ1) is 13.7. The molecule has 0 aliphatic carbocycles. The third-order valence-electron chi connectivity index (χ3n) is 4.17. The van der Waals surface area contributed by atoms with Crippen molar-refractivity contribution < 1.29 is 4.79 Å². The van der Waals surface area contributed by atoms with Crippen molar-refractivity contribution in [1.29, 1.82) is 0 Å². The summed E-state index contributed by atoms with van der Waals surface area (Å²) in [5.41, 5.74) is 3.65. The number of hydrogen-bond acceptors (Lipinski definition) is 3. The average molecular weight is 281 g/mol. The Labute approximate surface area is 124 Å². The zero-order valence-electron chi connectivity index (χ0n) is 12.8. The molecule has 2 heterocycles. The number of hydrogen-bond donors (Lipinski definition) is 0. The van der Waals surface area contributed by atoms with Crippen LogP contribution >= 0.6 is 0 Å². The molecule has 2 aromatic rings. The van der Waals surface area contributed by atoms with Crippen molar-refractivity contribution in [2.75, 3.05) is 11.4 Å². The van der Waals surface area contributed by atoms with Gasteiger partial charge in [0, 0.05) is 30.2 Å². The van der Waals surface area contributed by atoms with Crippen LogP contribution in [0.25, 0.3) is 11.1 Å². The minimum Gasteiger partial charge on any atom is -0.312 e. The zero-order valence-corrected chi connectivity index (χ0v) is 12.8. The van der Waals surface area contributed by atoms with E-state index in [2.05, 4.69) is 22.1 Å². The van der Waals surface area contributed by atoms with E-state index >= 15 is 0 Å². The molecule has 1 amide bonds. The fraction of sp³-hybridized carbons (Fsp3) is 0.353. The van der Waals surface area contributed by atoms with Gasteiger partial charge in [0.1, 0.15) is 5.82 Å². The van der Waals surface area contributed by atoms with Crippen LogP contribution in [0.2, 0.25) is 0 Å². The summed E-state index contributed by atoms with van der Waals surface area (Å²) in [6, 6.07) is 6.17. The predicted octanol–water partition coefficient (Wildman–Crippen LogP) is 3.10. The minimum absolute atomic E-state index is 0.164. The first-order valence-corrected chi connectivity index (χ1v) is 7.20. The third kappa shape index (κ3) is 2.02. The van der Waals surface area contributed by atoms with Crippen LogP contribution in [0.4, 0.5) is 5.69 Å². The van der Waals surface area contributed by atoms with Crippen molar-refractivity contribution in [3.05, 3.63) is 42.0 Å². The normalized spacial score (nSPS) is 16.2. The standard InChI is InChI=1S/C17H19N3O/c1-5-20-15-8-12(13-9-18-11(2)19-10-13)6-7-14(15)17(3,4)16(20)21/h6-10H,5H2,1-4H3. The second-order valence-corrected chi connectivity index (χ2v) is 5.93. The van der Waals surface area contributed by atoms with Crippen LogP contribution in [-0.4, -0.2) is 22.4 Å². The van der Waals surface area contributed by atoms with Crippen molar-refractivity contribution in [2.24, 2.45) is 0 Å². The number of aromatic nitrogens is 2. The molecule has 1 aromatic carbocycles. The largest absolute Gasteiger partial charge is 0.312 e. The van der Waals surface area contributed by atoms with Gasteiger partial charge in [-0.1, -0.05) is 12.1 Å². The second kappa shape index (κ2) is 4.65. The van der Waals surface area contributed by atoms with E-state index in [1.165, 1.54) is 0 Å². The van der Waals surface area contributed by atoms with Crippen LogP contribution in [0, 0.1) is 6.92 Å². The number of nitrogens with zero attached hydrogens (tertiary/aromatic N) is 3. The van der Waals surface area contributed by atoms with Gasteiger partial charge in [0.05, 0.1) is 5.41 Å². The minimum atomic E-state index is -0.451. The van der Waals surface area contributed by atoms with E-state index in [0.717, 1.165) is 28.2 Å². The van der Waals surface area contributed by atoms with Crippen LogP contribution in [0.1, 0.15) is 32.2 Å². The van der Waals surface area contributed by atoms with Gasteiger partial charge < -0.3 is 4.90 Å². The van der Waals surface area contributed by atoms with Crippen LogP contribution in [0.3, 0.4) is 0 Å². The molecule has 4 heteroatoms. The molecule has 3 rings (SSSR count). The van der Waals surface area contributed by atoms with Gasteiger partial charge in [0.15, 0.2) is 0 Å². The monoisotopic (exact) mass is 281 g/mol. The first-order chi connectivity index (χ1) is 9.95. The number of benzene rings is 1. The summed E-state index contributed by atoms with van der Waals surface area (Å²) in [6.45, 7) is 8.53. The van der Waals surface area contributed by atoms with E-state index in [0.29, 0.717) is 6.54 Å². The highest BCUT2D eigenvalue weighted by atomic mass is 16.2. The Bertz CT molecular complexity index is 704. The van der Waals surface area contributed by atoms with E-state index in [4.69, 9.17) is 0 Å². The smallest absolute Gasteiger partial charge is 0.237 e. The molecule has 0 atom stereocenters. The number of likely N-dealkylation sites (N-methyl/N-ethyl adjacent to an activating group) is 1. The highest BCUT2D eigenvalue weighted by Gasteiger charge is 2.43. The Morgan fingerprint density at radius 1 is 1.14 bits per heavy atom. The van der Waals surface area contributed by atoms with E-state index in [-0.39, 0.29) is 5.91 Å². The topological polar surface area (TPSA) is 46.1 Å². The number of carbonyl (C=O) groups is 1. The molecule has 1 aliphatic heterocycles.